The smallest absolute Gasteiger partial charge is 0.254 e. The van der Waals surface area contributed by atoms with Crippen LogP contribution in [0.1, 0.15) is 15.9 Å². The second-order valence-electron chi connectivity index (χ2n) is 3.55. The van der Waals surface area contributed by atoms with Crippen LogP contribution in [0.4, 0.5) is 8.78 Å². The number of aromatic nitrogens is 2. The highest BCUT2D eigenvalue weighted by Gasteiger charge is 2.08. The number of hydrogen-bond acceptors (Lipinski definition) is 3. The summed E-state index contributed by atoms with van der Waals surface area (Å²) in [5.74, 6) is -1.77. The van der Waals surface area contributed by atoms with Crippen LogP contribution >= 0.6 is 0 Å². The summed E-state index contributed by atoms with van der Waals surface area (Å²) in [5, 5.41) is 2.49. The average Bonchev–Trinajstić information content (AvgIpc) is 2.38. The van der Waals surface area contributed by atoms with E-state index in [1.54, 1.807) is 0 Å². The van der Waals surface area contributed by atoms with Crippen LogP contribution in [0.5, 0.6) is 0 Å². The van der Waals surface area contributed by atoms with Gasteiger partial charge < -0.3 is 5.32 Å². The predicted molar refractivity (Wildman–Crippen MR) is 59.6 cm³/mol. The van der Waals surface area contributed by atoms with Crippen molar-refractivity contribution in [3.8, 4) is 0 Å². The molecule has 1 aromatic heterocycles. The van der Waals surface area contributed by atoms with Crippen molar-refractivity contribution in [3.63, 3.8) is 0 Å². The van der Waals surface area contributed by atoms with Crippen LogP contribution in [-0.2, 0) is 6.54 Å². The normalized spacial score (nSPS) is 10.1. The van der Waals surface area contributed by atoms with Crippen molar-refractivity contribution in [1.82, 2.24) is 15.3 Å². The number of hydrogen-bond donors (Lipinski definition) is 1. The molecule has 4 nitrogen and oxygen atoms in total. The molecule has 1 heterocycles. The van der Waals surface area contributed by atoms with E-state index in [0.717, 1.165) is 12.1 Å². The molecule has 0 spiro atoms. The second-order valence-corrected chi connectivity index (χ2v) is 3.55. The molecule has 0 aliphatic heterocycles. The molecule has 2 aromatic rings. The van der Waals surface area contributed by atoms with Gasteiger partial charge in [0.25, 0.3) is 5.91 Å². The molecule has 1 N–H and O–H groups in total. The molecule has 1 aromatic carbocycles. The lowest BCUT2D eigenvalue weighted by atomic mass is 10.2. The zero-order valence-corrected chi connectivity index (χ0v) is 9.23. The molecule has 1 amide bonds. The van der Waals surface area contributed by atoms with E-state index in [1.165, 1.54) is 24.8 Å². The Morgan fingerprint density at radius 2 is 1.94 bits per heavy atom. The van der Waals surface area contributed by atoms with Crippen LogP contribution in [0, 0.1) is 11.6 Å². The summed E-state index contributed by atoms with van der Waals surface area (Å²) >= 11 is 0. The summed E-state index contributed by atoms with van der Waals surface area (Å²) < 4.78 is 26.0. The molecule has 0 saturated heterocycles. The highest BCUT2D eigenvalue weighted by atomic mass is 19.1. The summed E-state index contributed by atoms with van der Waals surface area (Å²) in [6.07, 6.45) is 4.00. The van der Waals surface area contributed by atoms with Gasteiger partial charge in [-0.15, -0.1) is 0 Å². The minimum absolute atomic E-state index is 0.0279. The molecule has 0 aliphatic carbocycles. The number of rotatable bonds is 3. The van der Waals surface area contributed by atoms with E-state index >= 15 is 0 Å². The number of amides is 1. The molecule has 6 heteroatoms. The molecule has 92 valence electrons. The lowest BCUT2D eigenvalue weighted by Gasteiger charge is -2.05. The first-order chi connectivity index (χ1) is 8.66. The molecule has 0 fully saturated rings. The summed E-state index contributed by atoms with van der Waals surface area (Å²) in [6.45, 7) is -0.0279. The van der Waals surface area contributed by atoms with Crippen molar-refractivity contribution in [3.05, 3.63) is 59.7 Å². The third-order valence-corrected chi connectivity index (χ3v) is 2.28. The lowest BCUT2D eigenvalue weighted by molar-refractivity contribution is 0.0950. The SMILES string of the molecule is O=C(NCc1ccc(F)cc1F)c1cncnc1. The summed E-state index contributed by atoms with van der Waals surface area (Å²) in [5.41, 5.74) is 0.488. The van der Waals surface area contributed by atoms with E-state index in [-0.39, 0.29) is 17.7 Å². The minimum atomic E-state index is -0.695. The van der Waals surface area contributed by atoms with Gasteiger partial charge in [0.2, 0.25) is 0 Å². The van der Waals surface area contributed by atoms with Gasteiger partial charge in [-0.1, -0.05) is 6.07 Å². The van der Waals surface area contributed by atoms with Gasteiger partial charge >= 0.3 is 0 Å². The number of carbonyl (C=O) groups is 1. The van der Waals surface area contributed by atoms with Gasteiger partial charge in [-0.3, -0.25) is 4.79 Å². The van der Waals surface area contributed by atoms with Gasteiger partial charge in [-0.2, -0.15) is 0 Å². The van der Waals surface area contributed by atoms with Crippen molar-refractivity contribution in [2.45, 2.75) is 6.54 Å². The fourth-order valence-corrected chi connectivity index (χ4v) is 1.36. The molecule has 0 aliphatic rings. The van der Waals surface area contributed by atoms with E-state index in [4.69, 9.17) is 0 Å². The number of halogens is 2. The van der Waals surface area contributed by atoms with Crippen molar-refractivity contribution in [2.75, 3.05) is 0 Å². The number of nitrogens with one attached hydrogen (secondary N) is 1. The molecule has 0 radical (unpaired) electrons. The fraction of sp³-hybridized carbons (Fsp3) is 0.0833. The standard InChI is InChI=1S/C12H9F2N3O/c13-10-2-1-8(11(14)3-10)6-17-12(18)9-4-15-7-16-5-9/h1-5,7H,6H2,(H,17,18). The maximum Gasteiger partial charge on any atom is 0.254 e. The predicted octanol–water partition coefficient (Wildman–Crippen LogP) is 1.68. The van der Waals surface area contributed by atoms with Gasteiger partial charge in [-0.05, 0) is 6.07 Å². The topological polar surface area (TPSA) is 54.9 Å². The molecular formula is C12H9F2N3O. The van der Waals surface area contributed by atoms with Crippen LogP contribution < -0.4 is 5.32 Å². The Morgan fingerprint density at radius 3 is 2.61 bits per heavy atom. The minimum Gasteiger partial charge on any atom is -0.348 e. The van der Waals surface area contributed by atoms with E-state index < -0.39 is 17.5 Å². The van der Waals surface area contributed by atoms with E-state index in [9.17, 15) is 13.6 Å². The van der Waals surface area contributed by atoms with Crippen LogP contribution in [0.25, 0.3) is 0 Å². The highest BCUT2D eigenvalue weighted by Crippen LogP contribution is 2.09. The quantitative estimate of drug-likeness (QED) is 0.900. The molecule has 0 bridgehead atoms. The van der Waals surface area contributed by atoms with Gasteiger partial charge in [0.15, 0.2) is 0 Å². The van der Waals surface area contributed by atoms with E-state index in [1.807, 2.05) is 0 Å². The Morgan fingerprint density at radius 1 is 1.22 bits per heavy atom. The van der Waals surface area contributed by atoms with Crippen molar-refractivity contribution < 1.29 is 13.6 Å². The first kappa shape index (κ1) is 12.1. The maximum absolute atomic E-state index is 13.3. The van der Waals surface area contributed by atoms with E-state index in [2.05, 4.69) is 15.3 Å². The Kier molecular flexibility index (Phi) is 3.57. The summed E-state index contributed by atoms with van der Waals surface area (Å²) in [7, 11) is 0. The number of nitrogens with zero attached hydrogens (tertiary/aromatic N) is 2. The Bertz CT molecular complexity index is 561. The fourth-order valence-electron chi connectivity index (χ4n) is 1.36. The third-order valence-electron chi connectivity index (χ3n) is 2.28. The van der Waals surface area contributed by atoms with Crippen LogP contribution in [0.2, 0.25) is 0 Å². The molecule has 0 atom stereocenters. The van der Waals surface area contributed by atoms with Gasteiger partial charge in [-0.25, -0.2) is 18.7 Å². The zero-order chi connectivity index (χ0) is 13.0. The monoisotopic (exact) mass is 249 g/mol. The van der Waals surface area contributed by atoms with Gasteiger partial charge in [0.05, 0.1) is 5.56 Å². The molecule has 18 heavy (non-hydrogen) atoms. The molecular weight excluding hydrogens is 240 g/mol. The molecule has 2 rings (SSSR count). The van der Waals surface area contributed by atoms with Crippen molar-refractivity contribution >= 4 is 5.91 Å². The van der Waals surface area contributed by atoms with Crippen LogP contribution in [-0.4, -0.2) is 15.9 Å². The summed E-state index contributed by atoms with van der Waals surface area (Å²) in [4.78, 5) is 19.0. The lowest BCUT2D eigenvalue weighted by Crippen LogP contribution is -2.23. The van der Waals surface area contributed by atoms with Crippen molar-refractivity contribution in [1.29, 1.82) is 0 Å². The number of carbonyl (C=O) groups excluding carboxylic acids is 1. The molecule has 0 saturated carbocycles. The highest BCUT2D eigenvalue weighted by molar-refractivity contribution is 5.93. The Hall–Kier alpha value is -2.37. The second kappa shape index (κ2) is 5.31. The van der Waals surface area contributed by atoms with Crippen LogP contribution in [0.3, 0.4) is 0 Å². The first-order valence-electron chi connectivity index (χ1n) is 5.14. The van der Waals surface area contributed by atoms with Crippen LogP contribution in [0.15, 0.2) is 36.9 Å². The van der Waals surface area contributed by atoms with E-state index in [0.29, 0.717) is 0 Å². The first-order valence-corrected chi connectivity index (χ1v) is 5.14. The Labute approximate surface area is 102 Å². The summed E-state index contributed by atoms with van der Waals surface area (Å²) in [6, 6.07) is 3.19. The van der Waals surface area contributed by atoms with Gasteiger partial charge in [0.1, 0.15) is 18.0 Å². The average molecular weight is 249 g/mol. The number of benzene rings is 1. The molecule has 0 unspecified atom stereocenters. The largest absolute Gasteiger partial charge is 0.348 e. The maximum atomic E-state index is 13.3. The third kappa shape index (κ3) is 2.85. The zero-order valence-electron chi connectivity index (χ0n) is 9.23. The Balaban J connectivity index is 2.02. The van der Waals surface area contributed by atoms with Gasteiger partial charge in [0, 0.05) is 30.6 Å². The van der Waals surface area contributed by atoms with Crippen molar-refractivity contribution in [2.24, 2.45) is 0 Å².